The monoisotopic (exact) mass is 212 g/mol. The molecule has 0 aliphatic heterocycles. The van der Waals surface area contributed by atoms with Gasteiger partial charge >= 0.3 is 0 Å². The third kappa shape index (κ3) is 2.30. The Kier molecular flexibility index (Phi) is 2.77. The Labute approximate surface area is 95.9 Å². The van der Waals surface area contributed by atoms with Crippen LogP contribution in [0.2, 0.25) is 0 Å². The van der Waals surface area contributed by atoms with Crippen molar-refractivity contribution in [1.29, 1.82) is 0 Å². The quantitative estimate of drug-likeness (QED) is 0.751. The molecule has 2 heteroatoms. The van der Waals surface area contributed by atoms with Gasteiger partial charge in [-0.05, 0) is 29.7 Å². The summed E-state index contributed by atoms with van der Waals surface area (Å²) in [5, 5.41) is 0. The molecule has 0 atom stereocenters. The zero-order valence-electron chi connectivity index (χ0n) is 9.35. The molecule has 82 valence electrons. The van der Waals surface area contributed by atoms with Gasteiger partial charge in [0.2, 0.25) is 0 Å². The second-order valence-electron chi connectivity index (χ2n) is 4.23. The number of hydrogen-bond donors (Lipinski definition) is 2. The van der Waals surface area contributed by atoms with Crippen molar-refractivity contribution < 1.29 is 0 Å². The lowest BCUT2D eigenvalue weighted by Gasteiger charge is -2.19. The summed E-state index contributed by atoms with van der Waals surface area (Å²) >= 11 is 0. The second kappa shape index (κ2) is 4.08. The minimum atomic E-state index is -0.787. The Hall–Kier alpha value is -1.64. The molecule has 0 amide bonds. The lowest BCUT2D eigenvalue weighted by atomic mass is 9.97. The smallest absolute Gasteiger partial charge is 0.0870 e. The van der Waals surface area contributed by atoms with Gasteiger partial charge in [0.15, 0.2) is 0 Å². The highest BCUT2D eigenvalue weighted by atomic mass is 14.9. The highest BCUT2D eigenvalue weighted by Gasteiger charge is 2.14. The van der Waals surface area contributed by atoms with Gasteiger partial charge < -0.3 is 11.5 Å². The Balaban J connectivity index is 2.45. The van der Waals surface area contributed by atoms with Crippen LogP contribution in [0.5, 0.6) is 0 Å². The summed E-state index contributed by atoms with van der Waals surface area (Å²) in [5.74, 6) is 0. The zero-order chi connectivity index (χ0) is 11.6. The summed E-state index contributed by atoms with van der Waals surface area (Å²) in [6, 6.07) is 18.2. The molecule has 0 heterocycles. The molecular formula is C14H16N2. The van der Waals surface area contributed by atoms with Gasteiger partial charge in [-0.3, -0.25) is 0 Å². The van der Waals surface area contributed by atoms with Gasteiger partial charge in [0.25, 0.3) is 0 Å². The van der Waals surface area contributed by atoms with E-state index < -0.39 is 5.66 Å². The molecule has 2 rings (SSSR count). The predicted molar refractivity (Wildman–Crippen MR) is 67.6 cm³/mol. The van der Waals surface area contributed by atoms with Crippen LogP contribution in [0.1, 0.15) is 12.5 Å². The maximum Gasteiger partial charge on any atom is 0.0870 e. The molecule has 0 radical (unpaired) electrons. The van der Waals surface area contributed by atoms with E-state index in [1.807, 2.05) is 36.4 Å². The average molecular weight is 212 g/mol. The van der Waals surface area contributed by atoms with Crippen LogP contribution in [0.25, 0.3) is 11.1 Å². The molecule has 0 unspecified atom stereocenters. The normalized spacial score (nSPS) is 11.4. The van der Waals surface area contributed by atoms with Crippen molar-refractivity contribution in [2.45, 2.75) is 12.6 Å². The highest BCUT2D eigenvalue weighted by molar-refractivity contribution is 5.64. The topological polar surface area (TPSA) is 52.0 Å². The lowest BCUT2D eigenvalue weighted by molar-refractivity contribution is 0.521. The Bertz CT molecular complexity index is 470. The van der Waals surface area contributed by atoms with Crippen molar-refractivity contribution in [3.05, 3.63) is 60.2 Å². The zero-order valence-corrected chi connectivity index (χ0v) is 9.35. The molecule has 0 saturated heterocycles. The van der Waals surface area contributed by atoms with Gasteiger partial charge in [0.05, 0.1) is 5.66 Å². The molecule has 16 heavy (non-hydrogen) atoms. The van der Waals surface area contributed by atoms with E-state index in [9.17, 15) is 0 Å². The first-order chi connectivity index (χ1) is 7.57. The van der Waals surface area contributed by atoms with E-state index in [4.69, 9.17) is 11.5 Å². The van der Waals surface area contributed by atoms with Crippen LogP contribution < -0.4 is 11.5 Å². The van der Waals surface area contributed by atoms with Crippen LogP contribution in [-0.4, -0.2) is 0 Å². The molecule has 0 saturated carbocycles. The van der Waals surface area contributed by atoms with Crippen LogP contribution in [0.15, 0.2) is 54.6 Å². The molecule has 2 nitrogen and oxygen atoms in total. The summed E-state index contributed by atoms with van der Waals surface area (Å²) in [6.07, 6.45) is 0. The fraction of sp³-hybridized carbons (Fsp3) is 0.143. The summed E-state index contributed by atoms with van der Waals surface area (Å²) in [5.41, 5.74) is 14.2. The van der Waals surface area contributed by atoms with Crippen LogP contribution in [0, 0.1) is 0 Å². The maximum absolute atomic E-state index is 5.88. The Morgan fingerprint density at radius 1 is 0.812 bits per heavy atom. The summed E-state index contributed by atoms with van der Waals surface area (Å²) in [7, 11) is 0. The standard InChI is InChI=1S/C14H16N2/c1-14(15,16)13-9-5-8-12(10-13)11-6-3-2-4-7-11/h2-10H,15-16H2,1H3. The fourth-order valence-corrected chi connectivity index (χ4v) is 1.66. The molecule has 0 aromatic heterocycles. The van der Waals surface area contributed by atoms with Gasteiger partial charge in [-0.2, -0.15) is 0 Å². The third-order valence-corrected chi connectivity index (χ3v) is 2.59. The largest absolute Gasteiger partial charge is 0.310 e. The highest BCUT2D eigenvalue weighted by Crippen LogP contribution is 2.22. The van der Waals surface area contributed by atoms with Gasteiger partial charge in [-0.1, -0.05) is 48.5 Å². The first-order valence-corrected chi connectivity index (χ1v) is 5.31. The molecule has 0 aliphatic carbocycles. The first-order valence-electron chi connectivity index (χ1n) is 5.31. The van der Waals surface area contributed by atoms with Crippen molar-refractivity contribution in [2.24, 2.45) is 11.5 Å². The molecule has 0 fully saturated rings. The predicted octanol–water partition coefficient (Wildman–Crippen LogP) is 2.44. The summed E-state index contributed by atoms with van der Waals surface area (Å²) in [6.45, 7) is 1.80. The molecule has 0 spiro atoms. The number of benzene rings is 2. The number of hydrogen-bond acceptors (Lipinski definition) is 2. The number of nitrogens with two attached hydrogens (primary N) is 2. The molecule has 0 aliphatic rings. The van der Waals surface area contributed by atoms with Gasteiger partial charge in [-0.15, -0.1) is 0 Å². The van der Waals surface area contributed by atoms with Gasteiger partial charge in [0.1, 0.15) is 0 Å². The minimum Gasteiger partial charge on any atom is -0.310 e. The van der Waals surface area contributed by atoms with Crippen molar-refractivity contribution in [3.63, 3.8) is 0 Å². The molecule has 4 N–H and O–H groups in total. The Morgan fingerprint density at radius 2 is 1.44 bits per heavy atom. The third-order valence-electron chi connectivity index (χ3n) is 2.59. The number of rotatable bonds is 2. The van der Waals surface area contributed by atoms with Crippen molar-refractivity contribution in [2.75, 3.05) is 0 Å². The van der Waals surface area contributed by atoms with E-state index in [1.165, 1.54) is 5.56 Å². The van der Waals surface area contributed by atoms with Crippen LogP contribution >= 0.6 is 0 Å². The van der Waals surface area contributed by atoms with Crippen LogP contribution in [0.3, 0.4) is 0 Å². The van der Waals surface area contributed by atoms with Crippen molar-refractivity contribution in [1.82, 2.24) is 0 Å². The minimum absolute atomic E-state index is 0.787. The van der Waals surface area contributed by atoms with E-state index in [0.717, 1.165) is 11.1 Å². The van der Waals surface area contributed by atoms with Crippen LogP contribution in [-0.2, 0) is 5.66 Å². The van der Waals surface area contributed by atoms with Gasteiger partial charge in [0, 0.05) is 0 Å². The van der Waals surface area contributed by atoms with Crippen molar-refractivity contribution in [3.8, 4) is 11.1 Å². The fourth-order valence-electron chi connectivity index (χ4n) is 1.66. The SMILES string of the molecule is CC(N)(N)c1cccc(-c2ccccc2)c1. The first kappa shape index (κ1) is 10.9. The van der Waals surface area contributed by atoms with Crippen molar-refractivity contribution >= 4 is 0 Å². The van der Waals surface area contributed by atoms with Crippen LogP contribution in [0.4, 0.5) is 0 Å². The lowest BCUT2D eigenvalue weighted by Crippen LogP contribution is -2.42. The summed E-state index contributed by atoms with van der Waals surface area (Å²) in [4.78, 5) is 0. The van der Waals surface area contributed by atoms with E-state index >= 15 is 0 Å². The van der Waals surface area contributed by atoms with E-state index in [1.54, 1.807) is 6.92 Å². The van der Waals surface area contributed by atoms with Gasteiger partial charge in [-0.25, -0.2) is 0 Å². The average Bonchev–Trinajstić information content (AvgIpc) is 2.29. The Morgan fingerprint density at radius 3 is 2.06 bits per heavy atom. The molecular weight excluding hydrogens is 196 g/mol. The second-order valence-corrected chi connectivity index (χ2v) is 4.23. The molecule has 2 aromatic rings. The van der Waals surface area contributed by atoms with E-state index in [2.05, 4.69) is 18.2 Å². The van der Waals surface area contributed by atoms with E-state index in [0.29, 0.717) is 0 Å². The van der Waals surface area contributed by atoms with E-state index in [-0.39, 0.29) is 0 Å². The summed E-state index contributed by atoms with van der Waals surface area (Å²) < 4.78 is 0. The maximum atomic E-state index is 5.88. The molecule has 2 aromatic carbocycles. The molecule has 0 bridgehead atoms.